The zero-order valence-electron chi connectivity index (χ0n) is 18.4. The van der Waals surface area contributed by atoms with Crippen LogP contribution < -0.4 is 4.90 Å². The number of benzene rings is 2. The van der Waals surface area contributed by atoms with E-state index in [4.69, 9.17) is 0 Å². The first-order valence-corrected chi connectivity index (χ1v) is 12.1. The first-order chi connectivity index (χ1) is 15.2. The Labute approximate surface area is 185 Å². The number of para-hydroxylation sites is 1. The summed E-state index contributed by atoms with van der Waals surface area (Å²) in [6.07, 6.45) is 5.96. The monoisotopic (exact) mass is 415 g/mol. The second-order valence-electron chi connectivity index (χ2n) is 10.1. The molecule has 1 saturated carbocycles. The number of hydrogen-bond donors (Lipinski definition) is 0. The topological polar surface area (TPSA) is 26.8 Å². The molecule has 0 N–H and O–H groups in total. The molecule has 2 aliphatic carbocycles. The lowest BCUT2D eigenvalue weighted by atomic mass is 9.89. The second-order valence-corrected chi connectivity index (χ2v) is 10.1. The van der Waals surface area contributed by atoms with Crippen LogP contribution in [0.4, 0.5) is 5.69 Å². The van der Waals surface area contributed by atoms with E-state index in [-0.39, 0.29) is 0 Å². The smallest absolute Gasteiger partial charge is 0.226 e. The quantitative estimate of drug-likeness (QED) is 0.766. The predicted molar refractivity (Wildman–Crippen MR) is 124 cm³/mol. The Hall–Kier alpha value is -2.33. The van der Waals surface area contributed by atoms with Crippen molar-refractivity contribution in [2.24, 2.45) is 11.3 Å². The number of anilines is 1. The highest BCUT2D eigenvalue weighted by atomic mass is 16.2. The van der Waals surface area contributed by atoms with Crippen molar-refractivity contribution >= 4 is 11.6 Å². The standard InChI is InChI=1S/C27H33N3O/c31-26(30-16-14-29(15-17-30)23-8-2-1-3-9-23)25-20-27(25)10-12-28(13-11-27)24-18-21-6-4-5-7-22(21)19-24/h1-9,24-25H,10-20H2/t25-/m1/s1. The fourth-order valence-corrected chi connectivity index (χ4v) is 6.42. The Morgan fingerprint density at radius 1 is 0.774 bits per heavy atom. The van der Waals surface area contributed by atoms with Crippen molar-refractivity contribution in [3.63, 3.8) is 0 Å². The van der Waals surface area contributed by atoms with Crippen molar-refractivity contribution in [2.75, 3.05) is 44.2 Å². The fourth-order valence-electron chi connectivity index (χ4n) is 6.42. The summed E-state index contributed by atoms with van der Waals surface area (Å²) in [6.45, 7) is 5.98. The molecular formula is C27H33N3O. The molecule has 1 amide bonds. The number of nitrogens with zero attached hydrogens (tertiary/aromatic N) is 3. The molecule has 1 spiro atoms. The third-order valence-corrected chi connectivity index (χ3v) is 8.54. The molecule has 4 nitrogen and oxygen atoms in total. The SMILES string of the molecule is O=C([C@H]1CC12CCN(C1Cc3ccccc3C1)CC2)N1CCN(c2ccccc2)CC1. The lowest BCUT2D eigenvalue weighted by Crippen LogP contribution is -2.50. The van der Waals surface area contributed by atoms with Crippen molar-refractivity contribution < 1.29 is 4.79 Å². The van der Waals surface area contributed by atoms with Gasteiger partial charge in [0.1, 0.15) is 0 Å². The van der Waals surface area contributed by atoms with Crippen LogP contribution in [0, 0.1) is 11.3 Å². The molecule has 2 heterocycles. The average molecular weight is 416 g/mol. The van der Waals surface area contributed by atoms with Crippen LogP contribution in [-0.2, 0) is 17.6 Å². The zero-order chi connectivity index (χ0) is 20.8. The number of fused-ring (bicyclic) bond motifs is 1. The number of rotatable bonds is 3. The summed E-state index contributed by atoms with van der Waals surface area (Å²) < 4.78 is 0. The lowest BCUT2D eigenvalue weighted by Gasteiger charge is -2.38. The van der Waals surface area contributed by atoms with Gasteiger partial charge in [0, 0.05) is 43.8 Å². The third-order valence-electron chi connectivity index (χ3n) is 8.54. The zero-order valence-corrected chi connectivity index (χ0v) is 18.4. The maximum Gasteiger partial charge on any atom is 0.226 e. The van der Waals surface area contributed by atoms with Crippen molar-refractivity contribution in [1.82, 2.24) is 9.80 Å². The summed E-state index contributed by atoms with van der Waals surface area (Å²) in [5.74, 6) is 0.730. The van der Waals surface area contributed by atoms with Gasteiger partial charge in [-0.05, 0) is 73.9 Å². The average Bonchev–Trinajstić information content (AvgIpc) is 3.34. The highest BCUT2D eigenvalue weighted by molar-refractivity contribution is 5.83. The van der Waals surface area contributed by atoms with Gasteiger partial charge < -0.3 is 9.80 Å². The van der Waals surface area contributed by atoms with E-state index in [1.54, 1.807) is 11.1 Å². The lowest BCUT2D eigenvalue weighted by molar-refractivity contribution is -0.134. The van der Waals surface area contributed by atoms with Gasteiger partial charge in [0.2, 0.25) is 5.91 Å². The Balaban J connectivity index is 1.01. The minimum atomic E-state index is 0.290. The highest BCUT2D eigenvalue weighted by Gasteiger charge is 2.59. The summed E-state index contributed by atoms with van der Waals surface area (Å²) in [6, 6.07) is 20.2. The summed E-state index contributed by atoms with van der Waals surface area (Å²) in [4.78, 5) is 20.5. The van der Waals surface area contributed by atoms with Gasteiger partial charge in [-0.25, -0.2) is 0 Å². The predicted octanol–water partition coefficient (Wildman–Crippen LogP) is 3.60. The molecular weight excluding hydrogens is 382 g/mol. The molecule has 2 aliphatic heterocycles. The molecule has 2 saturated heterocycles. The van der Waals surface area contributed by atoms with Crippen LogP contribution in [0.2, 0.25) is 0 Å². The Morgan fingerprint density at radius 3 is 2.03 bits per heavy atom. The van der Waals surface area contributed by atoms with E-state index in [9.17, 15) is 4.79 Å². The van der Waals surface area contributed by atoms with Crippen LogP contribution in [0.1, 0.15) is 30.4 Å². The van der Waals surface area contributed by atoms with Gasteiger partial charge in [-0.1, -0.05) is 42.5 Å². The van der Waals surface area contributed by atoms with Gasteiger partial charge in [-0.3, -0.25) is 9.69 Å². The van der Waals surface area contributed by atoms with E-state index in [1.807, 2.05) is 0 Å². The molecule has 0 radical (unpaired) electrons. The van der Waals surface area contributed by atoms with Crippen LogP contribution in [0.15, 0.2) is 54.6 Å². The molecule has 31 heavy (non-hydrogen) atoms. The molecule has 4 heteroatoms. The molecule has 2 aromatic rings. The fraction of sp³-hybridized carbons (Fsp3) is 0.519. The van der Waals surface area contributed by atoms with Crippen LogP contribution in [0.3, 0.4) is 0 Å². The largest absolute Gasteiger partial charge is 0.368 e. The second kappa shape index (κ2) is 7.67. The summed E-state index contributed by atoms with van der Waals surface area (Å²) in [5, 5.41) is 0. The van der Waals surface area contributed by atoms with Crippen molar-refractivity contribution in [2.45, 2.75) is 38.1 Å². The maximum absolute atomic E-state index is 13.3. The van der Waals surface area contributed by atoms with Gasteiger partial charge in [0.05, 0.1) is 0 Å². The molecule has 0 unspecified atom stereocenters. The number of piperazine rings is 1. The summed E-state index contributed by atoms with van der Waals surface area (Å²) >= 11 is 0. The van der Waals surface area contributed by atoms with E-state index in [2.05, 4.69) is 69.3 Å². The van der Waals surface area contributed by atoms with Gasteiger partial charge in [0.15, 0.2) is 0 Å². The van der Waals surface area contributed by atoms with E-state index in [0.29, 0.717) is 23.3 Å². The van der Waals surface area contributed by atoms with Crippen LogP contribution >= 0.6 is 0 Å². The molecule has 0 bridgehead atoms. The van der Waals surface area contributed by atoms with Crippen molar-refractivity contribution in [3.05, 3.63) is 65.7 Å². The van der Waals surface area contributed by atoms with Crippen LogP contribution in [-0.4, -0.2) is 61.0 Å². The maximum atomic E-state index is 13.3. The Bertz CT molecular complexity index is 917. The number of likely N-dealkylation sites (tertiary alicyclic amines) is 1. The van der Waals surface area contributed by atoms with Crippen LogP contribution in [0.5, 0.6) is 0 Å². The number of carbonyl (C=O) groups is 1. The molecule has 6 rings (SSSR count). The number of amides is 1. The molecule has 1 atom stereocenters. The Kier molecular flexibility index (Phi) is 4.79. The number of carbonyl (C=O) groups excluding carboxylic acids is 1. The van der Waals surface area contributed by atoms with E-state index < -0.39 is 0 Å². The van der Waals surface area contributed by atoms with Crippen molar-refractivity contribution in [1.29, 1.82) is 0 Å². The Morgan fingerprint density at radius 2 is 1.39 bits per heavy atom. The van der Waals surface area contributed by atoms with E-state index in [0.717, 1.165) is 32.6 Å². The summed E-state index contributed by atoms with van der Waals surface area (Å²) in [5.41, 5.74) is 4.68. The number of hydrogen-bond acceptors (Lipinski definition) is 3. The minimum Gasteiger partial charge on any atom is -0.368 e. The molecule has 4 aliphatic rings. The first-order valence-electron chi connectivity index (χ1n) is 12.1. The molecule has 3 fully saturated rings. The molecule has 162 valence electrons. The highest BCUT2D eigenvalue weighted by Crippen LogP contribution is 2.60. The van der Waals surface area contributed by atoms with E-state index >= 15 is 0 Å². The normalized spacial score (nSPS) is 25.6. The van der Waals surface area contributed by atoms with Crippen molar-refractivity contribution in [3.8, 4) is 0 Å². The van der Waals surface area contributed by atoms with Gasteiger partial charge in [-0.2, -0.15) is 0 Å². The minimum absolute atomic E-state index is 0.290. The third kappa shape index (κ3) is 3.55. The first kappa shape index (κ1) is 19.4. The van der Waals surface area contributed by atoms with Gasteiger partial charge in [0.25, 0.3) is 0 Å². The van der Waals surface area contributed by atoms with Crippen LogP contribution in [0.25, 0.3) is 0 Å². The molecule has 0 aromatic heterocycles. The van der Waals surface area contributed by atoms with Gasteiger partial charge >= 0.3 is 0 Å². The van der Waals surface area contributed by atoms with Gasteiger partial charge in [-0.15, -0.1) is 0 Å². The summed E-state index contributed by atoms with van der Waals surface area (Å²) in [7, 11) is 0. The number of piperidine rings is 1. The molecule has 2 aromatic carbocycles. The van der Waals surface area contributed by atoms with E-state index in [1.165, 1.54) is 44.5 Å².